The van der Waals surface area contributed by atoms with Gasteiger partial charge < -0.3 is 24.9 Å². The summed E-state index contributed by atoms with van der Waals surface area (Å²) in [6.07, 6.45) is 0. The van der Waals surface area contributed by atoms with E-state index in [9.17, 15) is 4.79 Å². The number of nitrogens with one attached hydrogen (secondary N) is 1. The molecule has 0 aliphatic heterocycles. The van der Waals surface area contributed by atoms with Crippen LogP contribution < -0.4 is 20.5 Å². The second kappa shape index (κ2) is 9.65. The number of nitrogens with two attached hydrogens (primary N) is 1. The van der Waals surface area contributed by atoms with E-state index in [4.69, 9.17) is 19.6 Å². The number of nitrogens with zero attached hydrogens (tertiary/aromatic N) is 4. The van der Waals surface area contributed by atoms with Gasteiger partial charge in [0.25, 0.3) is 5.91 Å². The summed E-state index contributed by atoms with van der Waals surface area (Å²) in [7, 11) is 1.58. The van der Waals surface area contributed by atoms with E-state index >= 15 is 0 Å². The highest BCUT2D eigenvalue weighted by molar-refractivity contribution is 6.06. The molecule has 0 atom stereocenters. The lowest BCUT2D eigenvalue weighted by Gasteiger charge is -2.09. The molecule has 0 aliphatic rings. The molecule has 3 N–H and O–H groups in total. The average Bonchev–Trinajstić information content (AvgIpc) is 3.38. The fraction of sp³-hybridized carbons (Fsp3) is 0.250. The van der Waals surface area contributed by atoms with Gasteiger partial charge in [0.2, 0.25) is 5.89 Å². The van der Waals surface area contributed by atoms with Crippen molar-refractivity contribution in [1.82, 2.24) is 20.0 Å². The smallest absolute Gasteiger partial charge is 0.280 e. The van der Waals surface area contributed by atoms with Gasteiger partial charge in [-0.25, -0.2) is 9.67 Å². The van der Waals surface area contributed by atoms with Crippen molar-refractivity contribution < 1.29 is 18.7 Å². The third kappa shape index (κ3) is 4.56. The minimum absolute atomic E-state index is 0.0425. The Bertz CT molecular complexity index is 1330. The van der Waals surface area contributed by atoms with Gasteiger partial charge in [-0.15, -0.1) is 5.10 Å². The molecule has 0 aliphatic carbocycles. The van der Waals surface area contributed by atoms with Crippen LogP contribution in [0.25, 0.3) is 11.5 Å². The molecule has 0 radical (unpaired) electrons. The third-order valence-electron chi connectivity index (χ3n) is 5.28. The van der Waals surface area contributed by atoms with E-state index < -0.39 is 5.91 Å². The zero-order valence-corrected chi connectivity index (χ0v) is 19.5. The minimum atomic E-state index is -0.433. The Morgan fingerprint density at radius 3 is 2.71 bits per heavy atom. The van der Waals surface area contributed by atoms with Gasteiger partial charge in [0.1, 0.15) is 11.5 Å². The number of amides is 1. The van der Waals surface area contributed by atoms with Crippen molar-refractivity contribution in [3.05, 3.63) is 65.2 Å². The van der Waals surface area contributed by atoms with Gasteiger partial charge in [-0.1, -0.05) is 23.4 Å². The van der Waals surface area contributed by atoms with Gasteiger partial charge in [-0.05, 0) is 50.6 Å². The standard InChI is InChI=1S/C24H26N6O4/c1-5-33-19-11-10-16(12-20(19)32-4)24-27-18(15(3)34-24)13-30-22(25)21(28-29-30)23(31)26-17-9-7-6-8-14(17)2/h6-12H,5,13,25H2,1-4H3,(H,26,31). The van der Waals surface area contributed by atoms with Crippen LogP contribution in [0.3, 0.4) is 0 Å². The fourth-order valence-corrected chi connectivity index (χ4v) is 3.41. The molecule has 0 saturated heterocycles. The second-order valence-electron chi connectivity index (χ2n) is 7.57. The second-order valence-corrected chi connectivity index (χ2v) is 7.57. The number of nitrogen functional groups attached to an aromatic ring is 1. The zero-order valence-electron chi connectivity index (χ0n) is 19.5. The predicted molar refractivity (Wildman–Crippen MR) is 127 cm³/mol. The number of oxazole rings is 1. The van der Waals surface area contributed by atoms with Crippen LogP contribution in [0.15, 0.2) is 46.9 Å². The van der Waals surface area contributed by atoms with Gasteiger partial charge in [0.15, 0.2) is 23.0 Å². The van der Waals surface area contributed by atoms with Crippen LogP contribution in [0.4, 0.5) is 11.5 Å². The number of para-hydroxylation sites is 1. The number of hydrogen-bond donors (Lipinski definition) is 2. The number of aryl methyl sites for hydroxylation is 2. The van der Waals surface area contributed by atoms with E-state index in [1.165, 1.54) is 4.68 Å². The third-order valence-corrected chi connectivity index (χ3v) is 5.28. The fourth-order valence-electron chi connectivity index (χ4n) is 3.41. The topological polar surface area (TPSA) is 130 Å². The first-order chi connectivity index (χ1) is 16.4. The highest BCUT2D eigenvalue weighted by Crippen LogP contribution is 2.33. The molecule has 10 heteroatoms. The predicted octanol–water partition coefficient (Wildman–Crippen LogP) is 3.84. The van der Waals surface area contributed by atoms with Crippen LogP contribution in [0.1, 0.15) is 34.4 Å². The summed E-state index contributed by atoms with van der Waals surface area (Å²) in [6.45, 7) is 6.34. The zero-order chi connectivity index (χ0) is 24.2. The Balaban J connectivity index is 1.54. The van der Waals surface area contributed by atoms with Crippen molar-refractivity contribution >= 4 is 17.4 Å². The monoisotopic (exact) mass is 462 g/mol. The molecule has 10 nitrogen and oxygen atoms in total. The Labute approximate surface area is 196 Å². The first-order valence-electron chi connectivity index (χ1n) is 10.7. The maximum absolute atomic E-state index is 12.7. The van der Waals surface area contributed by atoms with Crippen LogP contribution in [0.2, 0.25) is 0 Å². The van der Waals surface area contributed by atoms with Gasteiger partial charge in [-0.2, -0.15) is 0 Å². The molecule has 2 aromatic carbocycles. The molecule has 2 aromatic heterocycles. The van der Waals surface area contributed by atoms with Crippen LogP contribution in [-0.2, 0) is 6.54 Å². The Morgan fingerprint density at radius 2 is 1.97 bits per heavy atom. The van der Waals surface area contributed by atoms with Gasteiger partial charge >= 0.3 is 0 Å². The first-order valence-corrected chi connectivity index (χ1v) is 10.7. The Morgan fingerprint density at radius 1 is 1.18 bits per heavy atom. The van der Waals surface area contributed by atoms with Crippen LogP contribution in [0.5, 0.6) is 11.5 Å². The largest absolute Gasteiger partial charge is 0.493 e. The molecular formula is C24H26N6O4. The number of aromatic nitrogens is 4. The normalized spacial score (nSPS) is 10.8. The Hall–Kier alpha value is -4.34. The number of anilines is 2. The maximum Gasteiger partial charge on any atom is 0.280 e. The molecule has 4 rings (SSSR count). The SMILES string of the molecule is CCOc1ccc(-c2nc(Cn3nnc(C(=O)Nc4ccccc4C)c3N)c(C)o2)cc1OC. The molecule has 4 aromatic rings. The molecule has 0 fully saturated rings. The van der Waals surface area contributed by atoms with Gasteiger partial charge in [0, 0.05) is 11.3 Å². The molecule has 0 spiro atoms. The lowest BCUT2D eigenvalue weighted by atomic mass is 10.2. The first kappa shape index (κ1) is 22.8. The summed E-state index contributed by atoms with van der Waals surface area (Å²) in [5.74, 6) is 1.95. The van der Waals surface area contributed by atoms with Crippen molar-refractivity contribution in [3.63, 3.8) is 0 Å². The number of benzene rings is 2. The molecular weight excluding hydrogens is 436 g/mol. The number of ether oxygens (including phenoxy) is 2. The molecule has 34 heavy (non-hydrogen) atoms. The van der Waals surface area contributed by atoms with Crippen molar-refractivity contribution in [2.45, 2.75) is 27.3 Å². The molecule has 176 valence electrons. The summed E-state index contributed by atoms with van der Waals surface area (Å²) >= 11 is 0. The number of hydrogen-bond acceptors (Lipinski definition) is 8. The van der Waals surface area contributed by atoms with E-state index in [0.29, 0.717) is 41.1 Å². The number of carbonyl (C=O) groups is 1. The Kier molecular flexibility index (Phi) is 6.48. The van der Waals surface area contributed by atoms with Crippen molar-refractivity contribution in [1.29, 1.82) is 0 Å². The van der Waals surface area contributed by atoms with Crippen LogP contribution in [0, 0.1) is 13.8 Å². The summed E-state index contributed by atoms with van der Waals surface area (Å²) < 4.78 is 18.3. The molecule has 2 heterocycles. The highest BCUT2D eigenvalue weighted by Gasteiger charge is 2.21. The van der Waals surface area contributed by atoms with Crippen LogP contribution in [-0.4, -0.2) is 39.6 Å². The van der Waals surface area contributed by atoms with E-state index in [0.717, 1.165) is 11.1 Å². The number of carbonyl (C=O) groups excluding carboxylic acids is 1. The number of methoxy groups -OCH3 is 1. The summed E-state index contributed by atoms with van der Waals surface area (Å²) in [5.41, 5.74) is 9.19. The summed E-state index contributed by atoms with van der Waals surface area (Å²) in [6, 6.07) is 12.9. The van der Waals surface area contributed by atoms with Crippen molar-refractivity contribution in [2.75, 3.05) is 24.8 Å². The van der Waals surface area contributed by atoms with Crippen LogP contribution >= 0.6 is 0 Å². The quantitative estimate of drug-likeness (QED) is 0.404. The average molecular weight is 463 g/mol. The molecule has 1 amide bonds. The molecule has 0 unspecified atom stereocenters. The van der Waals surface area contributed by atoms with E-state index in [-0.39, 0.29) is 18.1 Å². The van der Waals surface area contributed by atoms with Crippen molar-refractivity contribution in [3.8, 4) is 23.0 Å². The molecule has 0 saturated carbocycles. The maximum atomic E-state index is 12.7. The van der Waals surface area contributed by atoms with E-state index in [1.807, 2.05) is 50.2 Å². The highest BCUT2D eigenvalue weighted by atomic mass is 16.5. The summed E-state index contributed by atoms with van der Waals surface area (Å²) in [4.78, 5) is 17.3. The van der Waals surface area contributed by atoms with E-state index in [2.05, 4.69) is 20.6 Å². The summed E-state index contributed by atoms with van der Waals surface area (Å²) in [5, 5.41) is 10.8. The van der Waals surface area contributed by atoms with E-state index in [1.54, 1.807) is 20.1 Å². The van der Waals surface area contributed by atoms with Gasteiger partial charge in [-0.3, -0.25) is 4.79 Å². The minimum Gasteiger partial charge on any atom is -0.493 e. The lowest BCUT2D eigenvalue weighted by Crippen LogP contribution is -2.16. The lowest BCUT2D eigenvalue weighted by molar-refractivity contribution is 0.102. The van der Waals surface area contributed by atoms with Crippen molar-refractivity contribution in [2.24, 2.45) is 0 Å². The molecule has 0 bridgehead atoms. The number of rotatable bonds is 8. The van der Waals surface area contributed by atoms with Gasteiger partial charge in [0.05, 0.1) is 20.3 Å².